The molecule has 1 N–H and O–H groups in total. The molecule has 0 radical (unpaired) electrons. The van der Waals surface area contributed by atoms with Crippen LogP contribution in [0, 0.1) is 3.57 Å². The number of fused-ring (bicyclic) bond motifs is 1. The minimum atomic E-state index is -1.01. The largest absolute Gasteiger partial charge is 0.374 e. The van der Waals surface area contributed by atoms with Crippen LogP contribution in [0.1, 0.15) is 5.82 Å². The van der Waals surface area contributed by atoms with E-state index < -0.39 is 8.07 Å². The van der Waals surface area contributed by atoms with Crippen LogP contribution in [0.5, 0.6) is 0 Å². The summed E-state index contributed by atoms with van der Waals surface area (Å²) < 4.78 is 6.79. The van der Waals surface area contributed by atoms with Gasteiger partial charge in [-0.25, -0.2) is 9.97 Å². The number of hydrogen-bond donors (Lipinski definition) is 1. The molecule has 2 heterocycles. The van der Waals surface area contributed by atoms with Crippen LogP contribution < -0.4 is 0 Å². The van der Waals surface area contributed by atoms with Crippen LogP contribution in [-0.4, -0.2) is 29.6 Å². The summed E-state index contributed by atoms with van der Waals surface area (Å²) in [4.78, 5) is 11.9. The van der Waals surface area contributed by atoms with Gasteiger partial charge in [-0.15, -0.1) is 0 Å². The second-order valence-electron chi connectivity index (χ2n) is 5.55. The summed E-state index contributed by atoms with van der Waals surface area (Å²) in [6.45, 7) is 8.34. The van der Waals surface area contributed by atoms with Gasteiger partial charge in [0.05, 0.1) is 5.39 Å². The summed E-state index contributed by atoms with van der Waals surface area (Å²) in [5.41, 5.74) is 0.887. The Labute approximate surface area is 122 Å². The van der Waals surface area contributed by atoms with Crippen molar-refractivity contribution in [2.75, 3.05) is 6.61 Å². The molecule has 0 aliphatic rings. The van der Waals surface area contributed by atoms with Gasteiger partial charge in [-0.3, -0.25) is 0 Å². The first-order chi connectivity index (χ1) is 8.46. The first-order valence-corrected chi connectivity index (χ1v) is 10.8. The third-order valence-electron chi connectivity index (χ3n) is 2.66. The minimum absolute atomic E-state index is 0.496. The van der Waals surface area contributed by atoms with Crippen LogP contribution in [0.4, 0.5) is 0 Å². The molecule has 0 aliphatic heterocycles. The molecule has 4 nitrogen and oxygen atoms in total. The molecule has 2 rings (SSSR count). The van der Waals surface area contributed by atoms with Gasteiger partial charge < -0.3 is 9.72 Å². The van der Waals surface area contributed by atoms with Gasteiger partial charge in [0.1, 0.15) is 12.3 Å². The number of halogens is 1. The van der Waals surface area contributed by atoms with Gasteiger partial charge in [-0.05, 0) is 28.6 Å². The van der Waals surface area contributed by atoms with Crippen molar-refractivity contribution in [3.63, 3.8) is 0 Å². The van der Waals surface area contributed by atoms with Crippen LogP contribution in [0.2, 0.25) is 25.7 Å². The fourth-order valence-electron chi connectivity index (χ4n) is 1.52. The predicted molar refractivity (Wildman–Crippen MR) is 84.4 cm³/mol. The highest BCUT2D eigenvalue weighted by molar-refractivity contribution is 14.1. The van der Waals surface area contributed by atoms with Crippen molar-refractivity contribution in [3.05, 3.63) is 21.8 Å². The lowest BCUT2D eigenvalue weighted by molar-refractivity contribution is 0.127. The van der Waals surface area contributed by atoms with Gasteiger partial charge in [-0.1, -0.05) is 19.6 Å². The quantitative estimate of drug-likeness (QED) is 0.495. The molecule has 0 unspecified atom stereocenters. The molecular formula is C12H18IN3OSi. The van der Waals surface area contributed by atoms with Crippen molar-refractivity contribution >= 4 is 41.7 Å². The molecule has 0 fully saturated rings. The third-order valence-corrected chi connectivity index (χ3v) is 5.26. The molecule has 0 saturated carbocycles. The van der Waals surface area contributed by atoms with Gasteiger partial charge in [0.2, 0.25) is 0 Å². The standard InChI is InChI=1S/C12H18IN3OSi/c1-18(2,3)5-4-17-8-11-14-6-9-10(13)7-15-12(9)16-11/h6-7H,4-5,8H2,1-3H3,(H,14,15,16). The van der Waals surface area contributed by atoms with Crippen molar-refractivity contribution in [1.29, 1.82) is 0 Å². The molecule has 0 aliphatic carbocycles. The Morgan fingerprint density at radius 3 is 2.89 bits per heavy atom. The molecule has 2 aromatic rings. The smallest absolute Gasteiger partial charge is 0.156 e. The van der Waals surface area contributed by atoms with Gasteiger partial charge in [0.25, 0.3) is 0 Å². The fourth-order valence-corrected chi connectivity index (χ4v) is 2.83. The summed E-state index contributed by atoms with van der Waals surface area (Å²) in [6.07, 6.45) is 3.80. The zero-order valence-corrected chi connectivity index (χ0v) is 14.1. The van der Waals surface area contributed by atoms with Crippen LogP contribution in [0.25, 0.3) is 11.0 Å². The van der Waals surface area contributed by atoms with E-state index in [0.717, 1.165) is 27.0 Å². The Balaban J connectivity index is 1.92. The third kappa shape index (κ3) is 3.76. The number of aromatic amines is 1. The average molecular weight is 375 g/mol. The lowest BCUT2D eigenvalue weighted by Gasteiger charge is -2.14. The highest BCUT2D eigenvalue weighted by Gasteiger charge is 2.12. The van der Waals surface area contributed by atoms with Gasteiger partial charge >= 0.3 is 0 Å². The number of nitrogens with zero attached hydrogens (tertiary/aromatic N) is 2. The lowest BCUT2D eigenvalue weighted by atomic mass is 10.4. The number of ether oxygens (including phenoxy) is 1. The van der Waals surface area contributed by atoms with Crippen molar-refractivity contribution in [2.24, 2.45) is 0 Å². The zero-order chi connectivity index (χ0) is 13.2. The number of aromatic nitrogens is 3. The van der Waals surface area contributed by atoms with E-state index in [0.29, 0.717) is 6.61 Å². The van der Waals surface area contributed by atoms with Crippen molar-refractivity contribution in [1.82, 2.24) is 15.0 Å². The molecule has 0 saturated heterocycles. The Morgan fingerprint density at radius 2 is 2.17 bits per heavy atom. The molecule has 0 amide bonds. The molecule has 98 valence electrons. The Kier molecular flexibility index (Phi) is 4.39. The Bertz CT molecular complexity index is 536. The summed E-state index contributed by atoms with van der Waals surface area (Å²) in [5, 5.41) is 1.07. The topological polar surface area (TPSA) is 50.8 Å². The maximum atomic E-state index is 5.65. The molecule has 0 atom stereocenters. The number of rotatable bonds is 5. The highest BCUT2D eigenvalue weighted by Crippen LogP contribution is 2.17. The van der Waals surface area contributed by atoms with E-state index >= 15 is 0 Å². The van der Waals surface area contributed by atoms with Gasteiger partial charge in [0.15, 0.2) is 5.82 Å². The van der Waals surface area contributed by atoms with Crippen molar-refractivity contribution in [3.8, 4) is 0 Å². The van der Waals surface area contributed by atoms with Crippen LogP contribution in [-0.2, 0) is 11.3 Å². The molecular weight excluding hydrogens is 357 g/mol. The molecule has 0 aromatic carbocycles. The van der Waals surface area contributed by atoms with Crippen LogP contribution >= 0.6 is 22.6 Å². The number of H-pyrrole nitrogens is 1. The summed E-state index contributed by atoms with van der Waals surface area (Å²) in [5.74, 6) is 0.747. The van der Waals surface area contributed by atoms with Gasteiger partial charge in [-0.2, -0.15) is 0 Å². The summed E-state index contributed by atoms with van der Waals surface area (Å²) in [7, 11) is -1.01. The van der Waals surface area contributed by atoms with Gasteiger partial charge in [0, 0.05) is 30.6 Å². The van der Waals surface area contributed by atoms with Crippen molar-refractivity contribution < 1.29 is 4.74 Å². The second kappa shape index (κ2) is 5.66. The Morgan fingerprint density at radius 1 is 1.39 bits per heavy atom. The summed E-state index contributed by atoms with van der Waals surface area (Å²) >= 11 is 2.27. The predicted octanol–water partition coefficient (Wildman–Crippen LogP) is 3.42. The lowest BCUT2D eigenvalue weighted by Crippen LogP contribution is -2.21. The SMILES string of the molecule is C[Si](C)(C)CCOCc1ncc2c(I)c[nH]c2n1. The highest BCUT2D eigenvalue weighted by atomic mass is 127. The molecule has 6 heteroatoms. The maximum absolute atomic E-state index is 5.65. The van der Waals surface area contributed by atoms with E-state index in [1.807, 2.05) is 12.4 Å². The normalized spacial score (nSPS) is 12.2. The average Bonchev–Trinajstić information content (AvgIpc) is 2.65. The molecule has 0 spiro atoms. The molecule has 2 aromatic heterocycles. The summed E-state index contributed by atoms with van der Waals surface area (Å²) in [6, 6.07) is 1.18. The fraction of sp³-hybridized carbons (Fsp3) is 0.500. The van der Waals surface area contributed by atoms with E-state index in [1.165, 1.54) is 6.04 Å². The monoisotopic (exact) mass is 375 g/mol. The first-order valence-electron chi connectivity index (χ1n) is 6.02. The van der Waals surface area contributed by atoms with E-state index in [2.05, 4.69) is 57.2 Å². The van der Waals surface area contributed by atoms with E-state index in [4.69, 9.17) is 4.74 Å². The van der Waals surface area contributed by atoms with Crippen molar-refractivity contribution in [2.45, 2.75) is 32.3 Å². The number of nitrogens with one attached hydrogen (secondary N) is 1. The maximum Gasteiger partial charge on any atom is 0.156 e. The first kappa shape index (κ1) is 13.9. The van der Waals surface area contributed by atoms with E-state index in [9.17, 15) is 0 Å². The number of hydrogen-bond acceptors (Lipinski definition) is 3. The molecule has 0 bridgehead atoms. The Hall–Kier alpha value is -0.473. The molecule has 18 heavy (non-hydrogen) atoms. The van der Waals surface area contributed by atoms with E-state index in [-0.39, 0.29) is 0 Å². The zero-order valence-electron chi connectivity index (χ0n) is 11.0. The van der Waals surface area contributed by atoms with E-state index in [1.54, 1.807) is 0 Å². The second-order valence-corrected chi connectivity index (χ2v) is 12.3. The van der Waals surface area contributed by atoms with Crippen LogP contribution in [0.3, 0.4) is 0 Å². The van der Waals surface area contributed by atoms with Crippen LogP contribution in [0.15, 0.2) is 12.4 Å². The minimum Gasteiger partial charge on any atom is -0.374 e.